The summed E-state index contributed by atoms with van der Waals surface area (Å²) >= 11 is 0. The molecule has 0 saturated heterocycles. The zero-order chi connectivity index (χ0) is 18.2. The van der Waals surface area contributed by atoms with E-state index in [0.717, 1.165) is 11.1 Å². The highest BCUT2D eigenvalue weighted by Crippen LogP contribution is 2.14. The Morgan fingerprint density at radius 1 is 1.12 bits per heavy atom. The van der Waals surface area contributed by atoms with Crippen molar-refractivity contribution < 1.29 is 13.9 Å². The first-order valence-corrected chi connectivity index (χ1v) is 7.91. The van der Waals surface area contributed by atoms with Crippen LogP contribution in [-0.2, 0) is 6.61 Å². The molecule has 1 heterocycles. The van der Waals surface area contributed by atoms with E-state index in [1.807, 2.05) is 12.1 Å². The molecule has 0 aliphatic rings. The number of nitrogens with one attached hydrogen (secondary N) is 1. The van der Waals surface area contributed by atoms with E-state index >= 15 is 0 Å². The molecular formula is C20H16FN3O2. The van der Waals surface area contributed by atoms with Crippen molar-refractivity contribution in [3.63, 3.8) is 0 Å². The first-order valence-electron chi connectivity index (χ1n) is 7.91. The minimum absolute atomic E-state index is 0.285. The summed E-state index contributed by atoms with van der Waals surface area (Å²) in [5, 5.41) is 3.92. The molecule has 1 amide bonds. The number of ether oxygens (including phenoxy) is 1. The Morgan fingerprint density at radius 2 is 1.88 bits per heavy atom. The molecule has 0 fully saturated rings. The molecular weight excluding hydrogens is 333 g/mol. The molecule has 0 atom stereocenters. The first-order chi connectivity index (χ1) is 12.7. The molecule has 26 heavy (non-hydrogen) atoms. The zero-order valence-electron chi connectivity index (χ0n) is 13.8. The second-order valence-corrected chi connectivity index (χ2v) is 5.42. The van der Waals surface area contributed by atoms with Gasteiger partial charge in [0.15, 0.2) is 0 Å². The van der Waals surface area contributed by atoms with E-state index in [9.17, 15) is 9.18 Å². The van der Waals surface area contributed by atoms with Crippen LogP contribution in [0.15, 0.2) is 78.2 Å². The van der Waals surface area contributed by atoms with Crippen molar-refractivity contribution in [3.8, 4) is 5.75 Å². The summed E-state index contributed by atoms with van der Waals surface area (Å²) in [7, 11) is 0. The van der Waals surface area contributed by atoms with Crippen LogP contribution >= 0.6 is 0 Å². The van der Waals surface area contributed by atoms with Crippen molar-refractivity contribution in [2.45, 2.75) is 6.61 Å². The van der Waals surface area contributed by atoms with Crippen molar-refractivity contribution in [1.29, 1.82) is 0 Å². The highest BCUT2D eigenvalue weighted by atomic mass is 19.1. The number of carbonyl (C=O) groups is 1. The van der Waals surface area contributed by atoms with Crippen molar-refractivity contribution >= 4 is 12.1 Å². The van der Waals surface area contributed by atoms with Crippen LogP contribution in [0.4, 0.5) is 4.39 Å². The number of hydrazone groups is 1. The number of nitrogens with zero attached hydrogens (tertiary/aromatic N) is 2. The van der Waals surface area contributed by atoms with Gasteiger partial charge in [0.2, 0.25) is 0 Å². The van der Waals surface area contributed by atoms with Crippen LogP contribution in [0, 0.1) is 5.82 Å². The molecule has 6 heteroatoms. The Morgan fingerprint density at radius 3 is 2.62 bits per heavy atom. The number of halogens is 1. The van der Waals surface area contributed by atoms with Gasteiger partial charge in [0.1, 0.15) is 18.2 Å². The number of hydrogen-bond donors (Lipinski definition) is 1. The summed E-state index contributed by atoms with van der Waals surface area (Å²) in [6, 6.07) is 16.7. The first kappa shape index (κ1) is 17.3. The maximum Gasteiger partial charge on any atom is 0.271 e. The number of pyridine rings is 1. The van der Waals surface area contributed by atoms with Gasteiger partial charge in [-0.25, -0.2) is 9.82 Å². The molecule has 0 unspecified atom stereocenters. The van der Waals surface area contributed by atoms with Gasteiger partial charge in [-0.2, -0.15) is 5.10 Å². The minimum atomic E-state index is -0.307. The smallest absolute Gasteiger partial charge is 0.271 e. The molecule has 0 radical (unpaired) electrons. The highest BCUT2D eigenvalue weighted by Gasteiger charge is 2.02. The van der Waals surface area contributed by atoms with Crippen LogP contribution in [-0.4, -0.2) is 17.1 Å². The number of aromatic nitrogens is 1. The van der Waals surface area contributed by atoms with E-state index < -0.39 is 0 Å². The predicted octanol–water partition coefficient (Wildman–Crippen LogP) is 3.56. The van der Waals surface area contributed by atoms with Gasteiger partial charge in [-0.3, -0.25) is 9.78 Å². The molecule has 0 bridgehead atoms. The third-order valence-corrected chi connectivity index (χ3v) is 3.50. The average molecular weight is 349 g/mol. The SMILES string of the molecule is O=C(N/N=C/c1ccc(OCc2cccc(F)c2)cc1)c1ccncc1. The Labute approximate surface area is 150 Å². The summed E-state index contributed by atoms with van der Waals surface area (Å²) in [5.41, 5.74) is 4.50. The molecule has 2 aromatic carbocycles. The second kappa shape index (κ2) is 8.53. The lowest BCUT2D eigenvalue weighted by Gasteiger charge is -2.06. The van der Waals surface area contributed by atoms with E-state index in [0.29, 0.717) is 11.3 Å². The van der Waals surface area contributed by atoms with E-state index in [1.54, 1.807) is 48.8 Å². The van der Waals surface area contributed by atoms with E-state index in [-0.39, 0.29) is 18.3 Å². The molecule has 1 N–H and O–H groups in total. The van der Waals surface area contributed by atoms with Gasteiger partial charge >= 0.3 is 0 Å². The maximum absolute atomic E-state index is 13.1. The van der Waals surface area contributed by atoms with Crippen LogP contribution < -0.4 is 10.2 Å². The third-order valence-electron chi connectivity index (χ3n) is 3.50. The summed E-state index contributed by atoms with van der Waals surface area (Å²) in [6.07, 6.45) is 4.62. The Kier molecular flexibility index (Phi) is 5.67. The summed E-state index contributed by atoms with van der Waals surface area (Å²) in [6.45, 7) is 0.285. The zero-order valence-corrected chi connectivity index (χ0v) is 13.8. The fraction of sp³-hybridized carbons (Fsp3) is 0.0500. The molecule has 0 aliphatic heterocycles. The van der Waals surface area contributed by atoms with Crippen molar-refractivity contribution in [2.24, 2.45) is 5.10 Å². The maximum atomic E-state index is 13.1. The van der Waals surface area contributed by atoms with Crippen LogP contribution in [0.2, 0.25) is 0 Å². The van der Waals surface area contributed by atoms with Crippen molar-refractivity contribution in [2.75, 3.05) is 0 Å². The van der Waals surface area contributed by atoms with Gasteiger partial charge in [0.25, 0.3) is 5.91 Å². The molecule has 5 nitrogen and oxygen atoms in total. The molecule has 3 rings (SSSR count). The Balaban J connectivity index is 1.52. The van der Waals surface area contributed by atoms with Crippen LogP contribution in [0.3, 0.4) is 0 Å². The molecule has 0 saturated carbocycles. The minimum Gasteiger partial charge on any atom is -0.489 e. The van der Waals surface area contributed by atoms with Gasteiger partial charge in [0, 0.05) is 18.0 Å². The summed E-state index contributed by atoms with van der Waals surface area (Å²) in [4.78, 5) is 15.7. The number of hydrogen-bond acceptors (Lipinski definition) is 4. The number of benzene rings is 2. The molecule has 0 spiro atoms. The predicted molar refractivity (Wildman–Crippen MR) is 96.5 cm³/mol. The molecule has 3 aromatic rings. The van der Waals surface area contributed by atoms with E-state index in [2.05, 4.69) is 15.5 Å². The van der Waals surface area contributed by atoms with Crippen molar-refractivity contribution in [3.05, 3.63) is 95.6 Å². The monoisotopic (exact) mass is 349 g/mol. The van der Waals surface area contributed by atoms with Crippen LogP contribution in [0.5, 0.6) is 5.75 Å². The molecule has 0 aliphatic carbocycles. The average Bonchev–Trinajstić information content (AvgIpc) is 2.68. The fourth-order valence-electron chi connectivity index (χ4n) is 2.18. The number of amides is 1. The van der Waals surface area contributed by atoms with E-state index in [4.69, 9.17) is 4.74 Å². The molecule has 1 aromatic heterocycles. The number of rotatable bonds is 6. The largest absolute Gasteiger partial charge is 0.489 e. The summed E-state index contributed by atoms with van der Waals surface area (Å²) in [5.74, 6) is 0.0670. The topological polar surface area (TPSA) is 63.6 Å². The molecule has 130 valence electrons. The third kappa shape index (κ3) is 4.98. The normalized spacial score (nSPS) is 10.7. The van der Waals surface area contributed by atoms with E-state index in [1.165, 1.54) is 18.3 Å². The fourth-order valence-corrected chi connectivity index (χ4v) is 2.18. The van der Waals surface area contributed by atoms with Crippen molar-refractivity contribution in [1.82, 2.24) is 10.4 Å². The van der Waals surface area contributed by atoms with Gasteiger partial charge in [-0.1, -0.05) is 12.1 Å². The lowest BCUT2D eigenvalue weighted by Crippen LogP contribution is -2.17. The van der Waals surface area contributed by atoms with Gasteiger partial charge in [-0.05, 0) is 59.7 Å². The second-order valence-electron chi connectivity index (χ2n) is 5.42. The number of carbonyl (C=O) groups excluding carboxylic acids is 1. The Hall–Kier alpha value is -3.54. The van der Waals surface area contributed by atoms with Crippen LogP contribution in [0.25, 0.3) is 0 Å². The lowest BCUT2D eigenvalue weighted by atomic mass is 10.2. The standard InChI is InChI=1S/C20H16FN3O2/c21-18-3-1-2-16(12-18)14-26-19-6-4-15(5-7-19)13-23-24-20(25)17-8-10-22-11-9-17/h1-13H,14H2,(H,24,25)/b23-13+. The van der Waals surface area contributed by atoms with Gasteiger partial charge in [0.05, 0.1) is 6.21 Å². The Bertz CT molecular complexity index is 896. The van der Waals surface area contributed by atoms with Crippen LogP contribution in [0.1, 0.15) is 21.5 Å². The summed E-state index contributed by atoms with van der Waals surface area (Å²) < 4.78 is 18.7. The van der Waals surface area contributed by atoms with Gasteiger partial charge < -0.3 is 4.74 Å². The van der Waals surface area contributed by atoms with Gasteiger partial charge in [-0.15, -0.1) is 0 Å². The quantitative estimate of drug-likeness (QED) is 0.547. The lowest BCUT2D eigenvalue weighted by molar-refractivity contribution is 0.0955. The highest BCUT2D eigenvalue weighted by molar-refractivity contribution is 5.94.